The number of halogens is 2. The number of pyridine rings is 1. The summed E-state index contributed by atoms with van der Waals surface area (Å²) in [6, 6.07) is 13.3. The van der Waals surface area contributed by atoms with Crippen LogP contribution in [0.25, 0.3) is 0 Å². The molecule has 2 atom stereocenters. The van der Waals surface area contributed by atoms with Crippen LogP contribution in [0.1, 0.15) is 36.2 Å². The van der Waals surface area contributed by atoms with Crippen molar-refractivity contribution in [3.8, 4) is 11.5 Å². The number of carbonyl (C=O) groups is 1. The normalized spacial score (nSPS) is 12.8. The quantitative estimate of drug-likeness (QED) is 0.215. The van der Waals surface area contributed by atoms with Gasteiger partial charge >= 0.3 is 5.97 Å². The molecule has 0 aliphatic heterocycles. The second-order valence-corrected chi connectivity index (χ2v) is 8.80. The van der Waals surface area contributed by atoms with E-state index in [1.165, 1.54) is 7.11 Å². The number of aromatic nitrogens is 1. The van der Waals surface area contributed by atoms with Crippen LogP contribution in [0, 0.1) is 0 Å². The lowest BCUT2D eigenvalue weighted by Gasteiger charge is -2.16. The highest BCUT2D eigenvalue weighted by molar-refractivity contribution is 9.10. The molecule has 0 aliphatic rings. The molecular formula is C21H25Br2NO4. The third-order valence-corrected chi connectivity index (χ3v) is 5.69. The van der Waals surface area contributed by atoms with Gasteiger partial charge in [-0.15, -0.1) is 0 Å². The topological polar surface area (TPSA) is 57.7 Å². The number of nitrogens with zero attached hydrogens (tertiary/aromatic N) is 1. The van der Waals surface area contributed by atoms with Crippen molar-refractivity contribution < 1.29 is 19.0 Å². The van der Waals surface area contributed by atoms with Crippen LogP contribution in [0.4, 0.5) is 0 Å². The molecule has 0 N–H and O–H groups in total. The smallest absolute Gasteiger partial charge is 0.360 e. The van der Waals surface area contributed by atoms with Gasteiger partial charge in [0.05, 0.1) is 20.3 Å². The Bertz CT molecular complexity index is 715. The largest absolute Gasteiger partial charge is 0.494 e. The molecule has 0 radical (unpaired) electrons. The lowest BCUT2D eigenvalue weighted by atomic mass is 10.1. The molecule has 0 spiro atoms. The SMILES string of the molecule is COC(=O)c1ncccc1OCCC(Br)CC(Br)CCCOc1ccccc1. The average Bonchev–Trinajstić information content (AvgIpc) is 2.71. The highest BCUT2D eigenvalue weighted by atomic mass is 79.9. The van der Waals surface area contributed by atoms with Gasteiger partial charge in [-0.3, -0.25) is 0 Å². The van der Waals surface area contributed by atoms with Gasteiger partial charge in [0.15, 0.2) is 11.4 Å². The lowest BCUT2D eigenvalue weighted by Crippen LogP contribution is -2.14. The number of para-hydroxylation sites is 1. The Morgan fingerprint density at radius 2 is 1.75 bits per heavy atom. The summed E-state index contributed by atoms with van der Waals surface area (Å²) < 4.78 is 16.2. The number of benzene rings is 1. The summed E-state index contributed by atoms with van der Waals surface area (Å²) >= 11 is 7.45. The molecule has 0 fully saturated rings. The fourth-order valence-electron chi connectivity index (χ4n) is 2.58. The second kappa shape index (κ2) is 12.8. The Kier molecular flexibility index (Phi) is 10.4. The summed E-state index contributed by atoms with van der Waals surface area (Å²) in [6.07, 6.45) is 5.36. The molecule has 7 heteroatoms. The molecule has 5 nitrogen and oxygen atoms in total. The van der Waals surface area contributed by atoms with Crippen molar-refractivity contribution in [1.29, 1.82) is 0 Å². The zero-order chi connectivity index (χ0) is 20.2. The first-order chi connectivity index (χ1) is 13.6. The summed E-state index contributed by atoms with van der Waals surface area (Å²) in [7, 11) is 1.33. The van der Waals surface area contributed by atoms with Crippen molar-refractivity contribution in [2.75, 3.05) is 20.3 Å². The van der Waals surface area contributed by atoms with Gasteiger partial charge in [0.25, 0.3) is 0 Å². The standard InChI is InChI=1S/C21H25Br2NO4/c1-26-21(25)20-19(10-5-12-24-20)28-14-11-17(23)15-16(22)7-6-13-27-18-8-3-2-4-9-18/h2-5,8-10,12,16-17H,6-7,11,13-15H2,1H3. The average molecular weight is 515 g/mol. The summed E-state index contributed by atoms with van der Waals surface area (Å²) in [4.78, 5) is 16.4. The second-order valence-electron chi connectivity index (χ2n) is 6.21. The van der Waals surface area contributed by atoms with Crippen LogP contribution >= 0.6 is 31.9 Å². The van der Waals surface area contributed by atoms with E-state index in [9.17, 15) is 4.79 Å². The monoisotopic (exact) mass is 513 g/mol. The van der Waals surface area contributed by atoms with E-state index in [-0.39, 0.29) is 5.69 Å². The number of ether oxygens (including phenoxy) is 3. The molecule has 0 aliphatic carbocycles. The Hall–Kier alpha value is -1.60. The molecule has 152 valence electrons. The first-order valence-corrected chi connectivity index (χ1v) is 11.1. The summed E-state index contributed by atoms with van der Waals surface area (Å²) in [5.41, 5.74) is 0.202. The highest BCUT2D eigenvalue weighted by Crippen LogP contribution is 2.23. The van der Waals surface area contributed by atoms with Gasteiger partial charge in [-0.1, -0.05) is 50.1 Å². The van der Waals surface area contributed by atoms with Crippen LogP contribution in [0.2, 0.25) is 0 Å². The maximum Gasteiger partial charge on any atom is 0.360 e. The zero-order valence-corrected chi connectivity index (χ0v) is 19.0. The van der Waals surface area contributed by atoms with Crippen molar-refractivity contribution in [1.82, 2.24) is 4.98 Å². The van der Waals surface area contributed by atoms with E-state index in [0.717, 1.165) is 31.4 Å². The van der Waals surface area contributed by atoms with Crippen LogP contribution in [-0.4, -0.2) is 40.9 Å². The molecular weight excluding hydrogens is 490 g/mol. The molecule has 0 bridgehead atoms. The third-order valence-electron chi connectivity index (χ3n) is 4.02. The van der Waals surface area contributed by atoms with Crippen molar-refractivity contribution in [2.24, 2.45) is 0 Å². The summed E-state index contributed by atoms with van der Waals surface area (Å²) in [5.74, 6) is 0.859. The zero-order valence-electron chi connectivity index (χ0n) is 15.9. The van der Waals surface area contributed by atoms with E-state index in [1.54, 1.807) is 18.3 Å². The Morgan fingerprint density at radius 1 is 1.00 bits per heavy atom. The van der Waals surface area contributed by atoms with Crippen LogP contribution in [0.15, 0.2) is 48.7 Å². The Morgan fingerprint density at radius 3 is 2.50 bits per heavy atom. The first-order valence-electron chi connectivity index (χ1n) is 9.22. The number of esters is 1. The Balaban J connectivity index is 1.63. The molecule has 0 amide bonds. The molecule has 0 saturated heterocycles. The van der Waals surface area contributed by atoms with Gasteiger partial charge in [0, 0.05) is 15.9 Å². The number of rotatable bonds is 12. The molecule has 2 unspecified atom stereocenters. The minimum atomic E-state index is -0.496. The lowest BCUT2D eigenvalue weighted by molar-refractivity contribution is 0.0588. The maximum absolute atomic E-state index is 11.7. The van der Waals surface area contributed by atoms with Crippen molar-refractivity contribution >= 4 is 37.8 Å². The van der Waals surface area contributed by atoms with Crippen molar-refractivity contribution in [2.45, 2.75) is 35.3 Å². The summed E-state index contributed by atoms with van der Waals surface area (Å²) in [5, 5.41) is 0. The van der Waals surface area contributed by atoms with E-state index < -0.39 is 5.97 Å². The molecule has 1 aromatic carbocycles. The number of alkyl halides is 2. The van der Waals surface area contributed by atoms with Gasteiger partial charge in [0.1, 0.15) is 5.75 Å². The molecule has 1 aromatic heterocycles. The predicted octanol–water partition coefficient (Wildman–Crippen LogP) is 5.41. The van der Waals surface area contributed by atoms with E-state index >= 15 is 0 Å². The molecule has 0 saturated carbocycles. The number of hydrogen-bond acceptors (Lipinski definition) is 5. The van der Waals surface area contributed by atoms with Crippen LogP contribution in [-0.2, 0) is 4.74 Å². The van der Waals surface area contributed by atoms with Crippen LogP contribution in [0.5, 0.6) is 11.5 Å². The van der Waals surface area contributed by atoms with Crippen LogP contribution < -0.4 is 9.47 Å². The van der Waals surface area contributed by atoms with Gasteiger partial charge in [0.2, 0.25) is 0 Å². The predicted molar refractivity (Wildman–Crippen MR) is 117 cm³/mol. The fourth-order valence-corrected chi connectivity index (χ4v) is 4.49. The summed E-state index contributed by atoms with van der Waals surface area (Å²) in [6.45, 7) is 1.20. The molecule has 1 heterocycles. The molecule has 28 heavy (non-hydrogen) atoms. The van der Waals surface area contributed by atoms with E-state index in [4.69, 9.17) is 14.2 Å². The van der Waals surface area contributed by atoms with Gasteiger partial charge in [-0.25, -0.2) is 9.78 Å². The van der Waals surface area contributed by atoms with Gasteiger partial charge in [-0.2, -0.15) is 0 Å². The minimum Gasteiger partial charge on any atom is -0.494 e. The highest BCUT2D eigenvalue weighted by Gasteiger charge is 2.16. The van der Waals surface area contributed by atoms with E-state index in [0.29, 0.717) is 28.6 Å². The van der Waals surface area contributed by atoms with Crippen LogP contribution in [0.3, 0.4) is 0 Å². The van der Waals surface area contributed by atoms with Crippen molar-refractivity contribution in [3.05, 3.63) is 54.4 Å². The number of methoxy groups -OCH3 is 1. The van der Waals surface area contributed by atoms with Gasteiger partial charge < -0.3 is 14.2 Å². The third kappa shape index (κ3) is 8.19. The Labute approximate surface area is 183 Å². The van der Waals surface area contributed by atoms with Gasteiger partial charge in [-0.05, 0) is 49.9 Å². The van der Waals surface area contributed by atoms with E-state index in [2.05, 4.69) is 36.8 Å². The number of carbonyl (C=O) groups excluding carboxylic acids is 1. The van der Waals surface area contributed by atoms with E-state index in [1.807, 2.05) is 30.3 Å². The van der Waals surface area contributed by atoms with Crippen molar-refractivity contribution in [3.63, 3.8) is 0 Å². The molecule has 2 aromatic rings. The first kappa shape index (κ1) is 22.7. The molecule has 2 rings (SSSR count). The number of hydrogen-bond donors (Lipinski definition) is 0. The fraction of sp³-hybridized carbons (Fsp3) is 0.429. The minimum absolute atomic E-state index is 0.202. The maximum atomic E-state index is 11.7.